The van der Waals surface area contributed by atoms with Crippen molar-refractivity contribution in [1.82, 2.24) is 9.78 Å². The third-order valence-corrected chi connectivity index (χ3v) is 3.99. The lowest BCUT2D eigenvalue weighted by Gasteiger charge is -2.05. The molecule has 1 aromatic heterocycles. The summed E-state index contributed by atoms with van der Waals surface area (Å²) in [5.41, 5.74) is 9.42. The van der Waals surface area contributed by atoms with Gasteiger partial charge in [0.15, 0.2) is 5.56 Å². The molecule has 1 heterocycles. The number of nitrogens with zero attached hydrogens (tertiary/aromatic N) is 3. The highest BCUT2D eigenvalue weighted by Gasteiger charge is 2.17. The maximum Gasteiger partial charge on any atom is 0.253 e. The van der Waals surface area contributed by atoms with Crippen LogP contribution in [-0.2, 0) is 13.2 Å². The Bertz CT molecular complexity index is 943. The summed E-state index contributed by atoms with van der Waals surface area (Å²) < 4.78 is 7.28. The minimum Gasteiger partial charge on any atom is -0.471 e. The Labute approximate surface area is 151 Å². The number of aryl methyl sites for hydroxylation is 1. The summed E-state index contributed by atoms with van der Waals surface area (Å²) in [6.45, 7) is 2.76. The number of hydrogen-bond donors (Lipinski definition) is 1. The van der Waals surface area contributed by atoms with Gasteiger partial charge in [0.2, 0.25) is 0 Å². The van der Waals surface area contributed by atoms with Crippen LogP contribution < -0.4 is 10.5 Å². The molecule has 126 valence electrons. The molecule has 5 nitrogen and oxygen atoms in total. The van der Waals surface area contributed by atoms with Gasteiger partial charge in [-0.2, -0.15) is 5.26 Å². The van der Waals surface area contributed by atoms with E-state index in [2.05, 4.69) is 17.2 Å². The van der Waals surface area contributed by atoms with Crippen molar-refractivity contribution < 1.29 is 4.74 Å². The van der Waals surface area contributed by atoms with Crippen LogP contribution in [0.2, 0.25) is 5.02 Å². The topological polar surface area (TPSA) is 76.9 Å². The first-order valence-corrected chi connectivity index (χ1v) is 8.14. The molecule has 0 fully saturated rings. The van der Waals surface area contributed by atoms with Crippen molar-refractivity contribution in [3.8, 4) is 11.9 Å². The van der Waals surface area contributed by atoms with Crippen LogP contribution in [0.15, 0.2) is 48.5 Å². The number of aromatic nitrogens is 2. The standard InChI is InChI=1S/C19H17ClN4O/c1-13-4-2-5-14(8-13)11-24-18(22)17(10-21)19(23-24)25-12-15-6-3-7-16(20)9-15/h2-9H,11-12,22H2,1H3. The second-order valence-electron chi connectivity index (χ2n) is 5.74. The van der Waals surface area contributed by atoms with Crippen LogP contribution >= 0.6 is 11.6 Å². The summed E-state index contributed by atoms with van der Waals surface area (Å²) in [5.74, 6) is 0.526. The number of rotatable bonds is 5. The molecule has 0 unspecified atom stereocenters. The van der Waals surface area contributed by atoms with Crippen molar-refractivity contribution in [3.05, 3.63) is 75.8 Å². The molecule has 0 saturated heterocycles. The van der Waals surface area contributed by atoms with E-state index in [1.165, 1.54) is 0 Å². The smallest absolute Gasteiger partial charge is 0.253 e. The highest BCUT2D eigenvalue weighted by atomic mass is 35.5. The van der Waals surface area contributed by atoms with Crippen LogP contribution in [0.1, 0.15) is 22.3 Å². The SMILES string of the molecule is Cc1cccc(Cn2nc(OCc3cccc(Cl)c3)c(C#N)c2N)c1. The molecule has 3 aromatic rings. The lowest BCUT2D eigenvalue weighted by atomic mass is 10.1. The summed E-state index contributed by atoms with van der Waals surface area (Å²) in [4.78, 5) is 0. The van der Waals surface area contributed by atoms with Gasteiger partial charge in [0.25, 0.3) is 5.88 Å². The number of hydrogen-bond acceptors (Lipinski definition) is 4. The lowest BCUT2D eigenvalue weighted by molar-refractivity contribution is 0.289. The van der Waals surface area contributed by atoms with Crippen molar-refractivity contribution >= 4 is 17.4 Å². The minimum atomic E-state index is 0.229. The molecule has 0 aliphatic carbocycles. The Morgan fingerprint density at radius 3 is 2.68 bits per heavy atom. The van der Waals surface area contributed by atoms with Crippen LogP contribution in [0, 0.1) is 18.3 Å². The molecule has 0 bridgehead atoms. The molecule has 2 N–H and O–H groups in total. The normalized spacial score (nSPS) is 10.4. The predicted molar refractivity (Wildman–Crippen MR) is 97.4 cm³/mol. The summed E-state index contributed by atoms with van der Waals surface area (Å²) >= 11 is 5.97. The van der Waals surface area contributed by atoms with Crippen LogP contribution in [-0.4, -0.2) is 9.78 Å². The molecule has 3 rings (SSSR count). The lowest BCUT2D eigenvalue weighted by Crippen LogP contribution is -2.06. The van der Waals surface area contributed by atoms with E-state index < -0.39 is 0 Å². The zero-order valence-corrected chi connectivity index (χ0v) is 14.5. The summed E-state index contributed by atoms with van der Waals surface area (Å²) in [6, 6.07) is 17.5. The quantitative estimate of drug-likeness (QED) is 0.754. The maximum absolute atomic E-state index is 9.38. The molecule has 0 atom stereocenters. The van der Waals surface area contributed by atoms with E-state index in [-0.39, 0.29) is 18.1 Å². The Hall–Kier alpha value is -2.97. The monoisotopic (exact) mass is 352 g/mol. The number of nitriles is 1. The highest BCUT2D eigenvalue weighted by molar-refractivity contribution is 6.30. The molecule has 25 heavy (non-hydrogen) atoms. The second-order valence-corrected chi connectivity index (χ2v) is 6.18. The van der Waals surface area contributed by atoms with Gasteiger partial charge in [-0.15, -0.1) is 5.10 Å². The van der Waals surface area contributed by atoms with Gasteiger partial charge in [0.05, 0.1) is 6.54 Å². The fraction of sp³-hybridized carbons (Fsp3) is 0.158. The van der Waals surface area contributed by atoms with Crippen LogP contribution in [0.3, 0.4) is 0 Å². The number of halogens is 1. The van der Waals surface area contributed by atoms with E-state index in [1.54, 1.807) is 16.8 Å². The van der Waals surface area contributed by atoms with Crippen molar-refractivity contribution in [2.75, 3.05) is 5.73 Å². The first-order chi connectivity index (χ1) is 12.1. The Morgan fingerprint density at radius 1 is 1.20 bits per heavy atom. The minimum absolute atomic E-state index is 0.229. The fourth-order valence-corrected chi connectivity index (χ4v) is 2.75. The first kappa shape index (κ1) is 16.9. The average molecular weight is 353 g/mol. The third-order valence-electron chi connectivity index (χ3n) is 3.75. The molecule has 0 saturated carbocycles. The molecule has 6 heteroatoms. The molecular formula is C19H17ClN4O. The van der Waals surface area contributed by atoms with Gasteiger partial charge in [-0.25, -0.2) is 4.68 Å². The molecule has 0 aliphatic rings. The molecule has 0 aliphatic heterocycles. The number of nitrogen functional groups attached to an aromatic ring is 1. The fourth-order valence-electron chi connectivity index (χ4n) is 2.54. The van der Waals surface area contributed by atoms with Crippen molar-refractivity contribution in [2.45, 2.75) is 20.1 Å². The number of anilines is 1. The van der Waals surface area contributed by atoms with Crippen LogP contribution in [0.4, 0.5) is 5.82 Å². The van der Waals surface area contributed by atoms with Gasteiger partial charge in [-0.1, -0.05) is 53.6 Å². The number of nitrogens with two attached hydrogens (primary N) is 1. The van der Waals surface area contributed by atoms with Gasteiger partial charge in [0.1, 0.15) is 18.5 Å². The first-order valence-electron chi connectivity index (χ1n) is 7.76. The molecule has 0 amide bonds. The van der Waals surface area contributed by atoms with E-state index in [9.17, 15) is 5.26 Å². The number of benzene rings is 2. The highest BCUT2D eigenvalue weighted by Crippen LogP contribution is 2.25. The Morgan fingerprint density at radius 2 is 1.96 bits per heavy atom. The van der Waals surface area contributed by atoms with Gasteiger partial charge in [-0.3, -0.25) is 0 Å². The van der Waals surface area contributed by atoms with Crippen molar-refractivity contribution in [3.63, 3.8) is 0 Å². The van der Waals surface area contributed by atoms with Gasteiger partial charge < -0.3 is 10.5 Å². The second kappa shape index (κ2) is 7.29. The molecule has 0 radical (unpaired) electrons. The Kier molecular flexibility index (Phi) is 4.92. The van der Waals surface area contributed by atoms with Gasteiger partial charge in [-0.05, 0) is 30.2 Å². The molecular weight excluding hydrogens is 336 g/mol. The van der Waals surface area contributed by atoms with E-state index >= 15 is 0 Å². The summed E-state index contributed by atoms with van der Waals surface area (Å²) in [6.07, 6.45) is 0. The van der Waals surface area contributed by atoms with E-state index in [0.717, 1.165) is 16.7 Å². The summed E-state index contributed by atoms with van der Waals surface area (Å²) in [5, 5.41) is 14.4. The van der Waals surface area contributed by atoms with Crippen molar-refractivity contribution in [2.24, 2.45) is 0 Å². The zero-order valence-electron chi connectivity index (χ0n) is 13.7. The van der Waals surface area contributed by atoms with E-state index in [0.29, 0.717) is 17.4 Å². The Balaban J connectivity index is 1.81. The maximum atomic E-state index is 9.38. The van der Waals surface area contributed by atoms with Gasteiger partial charge >= 0.3 is 0 Å². The molecule has 0 spiro atoms. The van der Waals surface area contributed by atoms with Crippen molar-refractivity contribution in [1.29, 1.82) is 5.26 Å². The number of ether oxygens (including phenoxy) is 1. The average Bonchev–Trinajstić information content (AvgIpc) is 2.88. The predicted octanol–water partition coefficient (Wildman–Crippen LogP) is 3.93. The summed E-state index contributed by atoms with van der Waals surface area (Å²) in [7, 11) is 0. The van der Waals surface area contributed by atoms with Crippen LogP contribution in [0.25, 0.3) is 0 Å². The molecule has 2 aromatic carbocycles. The third kappa shape index (κ3) is 3.93. The van der Waals surface area contributed by atoms with E-state index in [1.807, 2.05) is 37.3 Å². The largest absolute Gasteiger partial charge is 0.471 e. The van der Waals surface area contributed by atoms with Gasteiger partial charge in [0, 0.05) is 5.02 Å². The zero-order chi connectivity index (χ0) is 17.8. The van der Waals surface area contributed by atoms with E-state index in [4.69, 9.17) is 22.1 Å². The van der Waals surface area contributed by atoms with Crippen LogP contribution in [0.5, 0.6) is 5.88 Å².